The summed E-state index contributed by atoms with van der Waals surface area (Å²) in [4.78, 5) is 12.4. The van der Waals surface area contributed by atoms with Gasteiger partial charge < -0.3 is 9.63 Å². The van der Waals surface area contributed by atoms with Crippen molar-refractivity contribution >= 4 is 5.78 Å². The third-order valence-electron chi connectivity index (χ3n) is 5.22. The molecule has 0 saturated carbocycles. The molecule has 24 heavy (non-hydrogen) atoms. The van der Waals surface area contributed by atoms with Crippen molar-refractivity contribution in [3.05, 3.63) is 52.4 Å². The lowest BCUT2D eigenvalue weighted by Gasteiger charge is -2.40. The Bertz CT molecular complexity index is 756. The molecule has 0 fully saturated rings. The van der Waals surface area contributed by atoms with E-state index in [9.17, 15) is 9.90 Å². The van der Waals surface area contributed by atoms with E-state index in [-0.39, 0.29) is 11.7 Å². The molecule has 4 nitrogen and oxygen atoms in total. The number of carbonyl (C=O) groups is 1. The van der Waals surface area contributed by atoms with Crippen LogP contribution in [0.4, 0.5) is 0 Å². The van der Waals surface area contributed by atoms with E-state index in [1.165, 1.54) is 5.56 Å². The number of rotatable bonds is 3. The highest BCUT2D eigenvalue weighted by Crippen LogP contribution is 2.47. The van der Waals surface area contributed by atoms with Crippen LogP contribution < -0.4 is 0 Å². The van der Waals surface area contributed by atoms with Crippen molar-refractivity contribution in [2.75, 3.05) is 0 Å². The zero-order valence-electron chi connectivity index (χ0n) is 15.0. The standard InChI is InChI=1S/C20H25NO3/c1-11(2)14-6-8-15(9-7-14)18-17-13(4)24-21-16(17)10-20(5,23)19(18)12(3)22/h6-9,11,18-19,23H,10H2,1-5H3. The number of nitrogens with zero attached hydrogens (tertiary/aromatic N) is 1. The van der Waals surface area contributed by atoms with Crippen LogP contribution in [0.5, 0.6) is 0 Å². The third-order valence-corrected chi connectivity index (χ3v) is 5.22. The highest BCUT2D eigenvalue weighted by Gasteiger charge is 2.49. The van der Waals surface area contributed by atoms with Gasteiger partial charge in [0.1, 0.15) is 11.5 Å². The fraction of sp³-hybridized carbons (Fsp3) is 0.500. The first-order valence-corrected chi connectivity index (χ1v) is 8.50. The van der Waals surface area contributed by atoms with Crippen LogP contribution in [-0.2, 0) is 11.2 Å². The summed E-state index contributed by atoms with van der Waals surface area (Å²) < 4.78 is 5.38. The Morgan fingerprint density at radius 2 is 1.96 bits per heavy atom. The molecule has 0 bridgehead atoms. The molecule has 1 aromatic heterocycles. The topological polar surface area (TPSA) is 63.3 Å². The molecule has 4 heteroatoms. The van der Waals surface area contributed by atoms with Crippen LogP contribution in [0.2, 0.25) is 0 Å². The maximum Gasteiger partial charge on any atom is 0.137 e. The summed E-state index contributed by atoms with van der Waals surface area (Å²) in [6, 6.07) is 8.33. The summed E-state index contributed by atoms with van der Waals surface area (Å²) in [6.45, 7) is 9.46. The molecule has 1 aliphatic carbocycles. The van der Waals surface area contributed by atoms with Crippen LogP contribution in [0.25, 0.3) is 0 Å². The summed E-state index contributed by atoms with van der Waals surface area (Å²) in [5.41, 5.74) is 2.85. The lowest BCUT2D eigenvalue weighted by Crippen LogP contribution is -2.48. The quantitative estimate of drug-likeness (QED) is 0.932. The molecule has 0 radical (unpaired) electrons. The van der Waals surface area contributed by atoms with E-state index in [2.05, 4.69) is 43.3 Å². The summed E-state index contributed by atoms with van der Waals surface area (Å²) in [5.74, 6) is 0.431. The molecule has 0 saturated heterocycles. The summed E-state index contributed by atoms with van der Waals surface area (Å²) in [5, 5.41) is 15.1. The number of hydrogen-bond acceptors (Lipinski definition) is 4. The molecule has 1 heterocycles. The van der Waals surface area contributed by atoms with E-state index in [4.69, 9.17) is 4.52 Å². The Morgan fingerprint density at radius 3 is 2.50 bits per heavy atom. The van der Waals surface area contributed by atoms with Gasteiger partial charge in [0.25, 0.3) is 0 Å². The van der Waals surface area contributed by atoms with E-state index in [0.717, 1.165) is 22.6 Å². The minimum absolute atomic E-state index is 0.0100. The molecule has 1 N–H and O–H groups in total. The minimum Gasteiger partial charge on any atom is -0.389 e. The first-order valence-electron chi connectivity index (χ1n) is 8.50. The Hall–Kier alpha value is -1.94. The molecule has 3 rings (SSSR count). The van der Waals surface area contributed by atoms with E-state index in [1.807, 2.05) is 6.92 Å². The van der Waals surface area contributed by atoms with Crippen LogP contribution in [0.3, 0.4) is 0 Å². The van der Waals surface area contributed by atoms with Gasteiger partial charge in [-0.05, 0) is 37.8 Å². The molecule has 0 aliphatic heterocycles. The predicted octanol–water partition coefficient (Wildman–Crippen LogP) is 3.75. The lowest BCUT2D eigenvalue weighted by atomic mass is 9.64. The summed E-state index contributed by atoms with van der Waals surface area (Å²) in [6.07, 6.45) is 0.338. The van der Waals surface area contributed by atoms with Crippen molar-refractivity contribution in [3.63, 3.8) is 0 Å². The van der Waals surface area contributed by atoms with Crippen molar-refractivity contribution < 1.29 is 14.4 Å². The second-order valence-corrected chi connectivity index (χ2v) is 7.52. The molecule has 3 unspecified atom stereocenters. The molecule has 0 amide bonds. The van der Waals surface area contributed by atoms with Crippen molar-refractivity contribution in [1.82, 2.24) is 5.16 Å². The highest BCUT2D eigenvalue weighted by atomic mass is 16.5. The van der Waals surface area contributed by atoms with Gasteiger partial charge in [0.2, 0.25) is 0 Å². The molecular weight excluding hydrogens is 302 g/mol. The molecule has 0 spiro atoms. The molecule has 1 aromatic carbocycles. The maximum absolute atomic E-state index is 12.4. The smallest absolute Gasteiger partial charge is 0.137 e. The number of aryl methyl sites for hydroxylation is 1. The fourth-order valence-electron chi connectivity index (χ4n) is 4.05. The predicted molar refractivity (Wildman–Crippen MR) is 92.1 cm³/mol. The van der Waals surface area contributed by atoms with E-state index < -0.39 is 11.5 Å². The van der Waals surface area contributed by atoms with Crippen molar-refractivity contribution in [3.8, 4) is 0 Å². The van der Waals surface area contributed by atoms with Gasteiger partial charge in [-0.25, -0.2) is 0 Å². The second-order valence-electron chi connectivity index (χ2n) is 7.52. The highest BCUT2D eigenvalue weighted by molar-refractivity contribution is 5.82. The molecule has 2 aromatic rings. The first-order chi connectivity index (χ1) is 11.2. The van der Waals surface area contributed by atoms with E-state index >= 15 is 0 Å². The average molecular weight is 327 g/mol. The molecule has 128 valence electrons. The van der Waals surface area contributed by atoms with Gasteiger partial charge in [0, 0.05) is 17.9 Å². The largest absolute Gasteiger partial charge is 0.389 e. The summed E-state index contributed by atoms with van der Waals surface area (Å²) in [7, 11) is 0. The number of hydrogen-bond donors (Lipinski definition) is 1. The van der Waals surface area contributed by atoms with Crippen LogP contribution in [0.1, 0.15) is 67.7 Å². The lowest BCUT2D eigenvalue weighted by molar-refractivity contribution is -0.130. The Balaban J connectivity index is 2.17. The van der Waals surface area contributed by atoms with Crippen LogP contribution in [0, 0.1) is 12.8 Å². The number of fused-ring (bicyclic) bond motifs is 1. The Morgan fingerprint density at radius 1 is 1.33 bits per heavy atom. The number of carbonyl (C=O) groups excluding carboxylic acids is 1. The van der Waals surface area contributed by atoms with Crippen LogP contribution >= 0.6 is 0 Å². The van der Waals surface area contributed by atoms with E-state index in [1.54, 1.807) is 13.8 Å². The van der Waals surface area contributed by atoms with Crippen molar-refractivity contribution in [2.24, 2.45) is 5.92 Å². The average Bonchev–Trinajstić information content (AvgIpc) is 2.85. The number of benzene rings is 1. The second kappa shape index (κ2) is 5.85. The van der Waals surface area contributed by atoms with Gasteiger partial charge in [-0.15, -0.1) is 0 Å². The van der Waals surface area contributed by atoms with Gasteiger partial charge in [0.15, 0.2) is 0 Å². The van der Waals surface area contributed by atoms with Gasteiger partial charge >= 0.3 is 0 Å². The Kier molecular flexibility index (Phi) is 4.12. The zero-order chi connectivity index (χ0) is 17.6. The van der Waals surface area contributed by atoms with Gasteiger partial charge in [-0.2, -0.15) is 0 Å². The number of ketones is 1. The third kappa shape index (κ3) is 2.69. The number of aliphatic hydroxyl groups is 1. The molecule has 3 atom stereocenters. The normalized spacial score (nSPS) is 26.5. The Labute approximate surface area is 142 Å². The maximum atomic E-state index is 12.4. The van der Waals surface area contributed by atoms with Crippen LogP contribution in [-0.4, -0.2) is 21.6 Å². The monoisotopic (exact) mass is 327 g/mol. The van der Waals surface area contributed by atoms with Crippen molar-refractivity contribution in [2.45, 2.75) is 58.5 Å². The molecule has 1 aliphatic rings. The van der Waals surface area contributed by atoms with Crippen molar-refractivity contribution in [1.29, 1.82) is 0 Å². The van der Waals surface area contributed by atoms with Gasteiger partial charge in [-0.1, -0.05) is 43.3 Å². The van der Waals surface area contributed by atoms with Gasteiger partial charge in [-0.3, -0.25) is 4.79 Å². The number of Topliss-reactive ketones (excluding diaryl/α,β-unsaturated/α-hetero) is 1. The van der Waals surface area contributed by atoms with Crippen LogP contribution in [0.15, 0.2) is 28.8 Å². The SMILES string of the molecule is CC(=O)C1C(c2ccc(C(C)C)cc2)c2c(noc2C)CC1(C)O. The van der Waals surface area contributed by atoms with E-state index in [0.29, 0.717) is 12.3 Å². The fourth-order valence-corrected chi connectivity index (χ4v) is 4.05. The van der Waals surface area contributed by atoms with Gasteiger partial charge in [0.05, 0.1) is 17.2 Å². The number of aromatic nitrogens is 1. The minimum atomic E-state index is -1.14. The summed E-state index contributed by atoms with van der Waals surface area (Å²) >= 11 is 0. The first kappa shape index (κ1) is 16.9. The molecular formula is C20H25NO3. The zero-order valence-corrected chi connectivity index (χ0v) is 15.0.